The molecule has 0 aliphatic carbocycles. The van der Waals surface area contributed by atoms with Crippen LogP contribution in [0.4, 0.5) is 5.82 Å². The monoisotopic (exact) mass is 526 g/mol. The number of morpholine rings is 1. The van der Waals surface area contributed by atoms with Crippen LogP contribution in [-0.4, -0.2) is 73.8 Å². The van der Waals surface area contributed by atoms with Crippen LogP contribution in [0.3, 0.4) is 0 Å². The van der Waals surface area contributed by atoms with Crippen molar-refractivity contribution in [3.63, 3.8) is 0 Å². The number of fused-ring (bicyclic) bond motifs is 2. The van der Waals surface area contributed by atoms with Gasteiger partial charge in [0.1, 0.15) is 12.1 Å². The molecule has 1 aromatic carbocycles. The van der Waals surface area contributed by atoms with Crippen molar-refractivity contribution < 1.29 is 4.74 Å². The van der Waals surface area contributed by atoms with E-state index in [1.165, 1.54) is 10.4 Å². The summed E-state index contributed by atoms with van der Waals surface area (Å²) in [6, 6.07) is 15.0. The van der Waals surface area contributed by atoms with Crippen molar-refractivity contribution in [3.05, 3.63) is 77.8 Å². The summed E-state index contributed by atoms with van der Waals surface area (Å²) in [6.07, 6.45) is 9.62. The molecule has 2 atom stereocenters. The number of H-pyrrole nitrogens is 1. The summed E-state index contributed by atoms with van der Waals surface area (Å²) in [7, 11) is 0. The van der Waals surface area contributed by atoms with Crippen LogP contribution in [0.1, 0.15) is 35.6 Å². The Morgan fingerprint density at radius 3 is 2.84 bits per heavy atom. The molecule has 7 rings (SSSR count). The van der Waals surface area contributed by atoms with Gasteiger partial charge in [0.2, 0.25) is 0 Å². The van der Waals surface area contributed by atoms with Crippen LogP contribution in [0.5, 0.6) is 0 Å². The number of aromatic nitrogens is 5. The van der Waals surface area contributed by atoms with Crippen LogP contribution in [0.15, 0.2) is 67.4 Å². The Bertz CT molecular complexity index is 1480. The van der Waals surface area contributed by atoms with Gasteiger partial charge in [0.05, 0.1) is 40.8 Å². The number of ether oxygens (including phenoxy) is 1. The molecule has 2 fully saturated rings. The topological polar surface area (TPSA) is 95.1 Å². The van der Waals surface area contributed by atoms with Gasteiger partial charge in [-0.2, -0.15) is 5.10 Å². The lowest BCUT2D eigenvalue weighted by Gasteiger charge is -2.45. The Kier molecular flexibility index (Phi) is 6.46. The summed E-state index contributed by atoms with van der Waals surface area (Å²) in [4.78, 5) is 19.8. The zero-order chi connectivity index (χ0) is 25.3. The minimum absolute atomic E-state index is 0.00918. The molecule has 6 heterocycles. The van der Waals surface area contributed by atoms with E-state index in [-0.39, 0.29) is 12.3 Å². The second kappa shape index (κ2) is 10.4. The molecule has 10 heteroatoms. The van der Waals surface area contributed by atoms with E-state index in [0.29, 0.717) is 12.6 Å². The highest BCUT2D eigenvalue weighted by Gasteiger charge is 2.35. The maximum absolute atomic E-state index is 6.35. The normalized spacial score (nSPS) is 20.7. The van der Waals surface area contributed by atoms with Gasteiger partial charge in [0.25, 0.3) is 0 Å². The summed E-state index contributed by atoms with van der Waals surface area (Å²) < 4.78 is 7.48. The summed E-state index contributed by atoms with van der Waals surface area (Å²) in [5, 5.41) is 12.1. The third kappa shape index (κ3) is 4.64. The van der Waals surface area contributed by atoms with Gasteiger partial charge in [0.15, 0.2) is 0 Å². The van der Waals surface area contributed by atoms with Gasteiger partial charge in [-0.25, -0.2) is 15.0 Å². The van der Waals surface area contributed by atoms with Crippen LogP contribution in [0.2, 0.25) is 0 Å². The maximum Gasteiger partial charge on any atom is 0.126 e. The number of pyridine rings is 1. The Balaban J connectivity index is 1.16. The standard InChI is InChI=1S/C28H30N8OS/c1-2-9-30-27(6-1)33-19-7-10-35(11-8-19)28(25-14-23-26(38-25)16-29-18-31-23)36-12-13-37-24(17-36)20-4-3-5-22-21(20)15-32-34-22/h1-6,9,14-16,18-19,24,28H,7-8,10-13,17H2,(H,30,33)(H,32,34). The number of thiophene rings is 1. The van der Waals surface area contributed by atoms with Crippen molar-refractivity contribution in [3.8, 4) is 0 Å². The zero-order valence-corrected chi connectivity index (χ0v) is 21.8. The van der Waals surface area contributed by atoms with Crippen molar-refractivity contribution in [2.45, 2.75) is 31.2 Å². The van der Waals surface area contributed by atoms with E-state index in [0.717, 1.165) is 66.0 Å². The van der Waals surface area contributed by atoms with E-state index >= 15 is 0 Å². The van der Waals surface area contributed by atoms with Gasteiger partial charge in [-0.1, -0.05) is 18.2 Å². The SMILES string of the molecule is c1ccc(NC2CCN(C(c3cc4ncncc4s3)N3CCOC(c4cccc5[nH]ncc45)C3)CC2)nc1. The number of rotatable bonds is 6. The molecule has 0 radical (unpaired) electrons. The summed E-state index contributed by atoms with van der Waals surface area (Å²) in [5.74, 6) is 0.954. The first-order valence-electron chi connectivity index (χ1n) is 13.2. The van der Waals surface area contributed by atoms with Gasteiger partial charge < -0.3 is 10.1 Å². The van der Waals surface area contributed by atoms with E-state index < -0.39 is 0 Å². The lowest BCUT2D eigenvalue weighted by molar-refractivity contribution is -0.0800. The largest absolute Gasteiger partial charge is 0.371 e. The van der Waals surface area contributed by atoms with Crippen molar-refractivity contribution >= 4 is 38.3 Å². The molecule has 0 amide bonds. The van der Waals surface area contributed by atoms with E-state index in [1.54, 1.807) is 6.33 Å². The molecule has 194 valence electrons. The summed E-state index contributed by atoms with van der Waals surface area (Å²) in [6.45, 7) is 4.41. The van der Waals surface area contributed by atoms with E-state index in [2.05, 4.69) is 64.5 Å². The smallest absolute Gasteiger partial charge is 0.126 e. The first-order chi connectivity index (χ1) is 18.8. The molecule has 0 spiro atoms. The van der Waals surface area contributed by atoms with Crippen LogP contribution >= 0.6 is 11.3 Å². The van der Waals surface area contributed by atoms with Gasteiger partial charge in [-0.05, 0) is 42.7 Å². The lowest BCUT2D eigenvalue weighted by atomic mass is 10.0. The number of likely N-dealkylation sites (tertiary alicyclic amines) is 1. The highest BCUT2D eigenvalue weighted by Crippen LogP contribution is 2.38. The highest BCUT2D eigenvalue weighted by atomic mass is 32.1. The number of hydrogen-bond donors (Lipinski definition) is 2. The maximum atomic E-state index is 6.35. The number of benzene rings is 1. The fourth-order valence-corrected chi connectivity index (χ4v) is 6.98. The Hall–Kier alpha value is -3.44. The molecule has 2 aliphatic rings. The van der Waals surface area contributed by atoms with Crippen LogP contribution < -0.4 is 5.32 Å². The fourth-order valence-electron chi connectivity index (χ4n) is 5.82. The average Bonchev–Trinajstić information content (AvgIpc) is 3.62. The number of hydrogen-bond acceptors (Lipinski definition) is 9. The molecule has 2 saturated heterocycles. The van der Waals surface area contributed by atoms with Crippen molar-refractivity contribution in [1.29, 1.82) is 0 Å². The molecule has 5 aromatic rings. The minimum atomic E-state index is -0.00918. The Morgan fingerprint density at radius 2 is 1.97 bits per heavy atom. The molecule has 38 heavy (non-hydrogen) atoms. The van der Waals surface area contributed by atoms with Crippen LogP contribution in [0.25, 0.3) is 21.1 Å². The molecule has 4 aromatic heterocycles. The average molecular weight is 527 g/mol. The van der Waals surface area contributed by atoms with E-state index in [9.17, 15) is 0 Å². The molecular weight excluding hydrogens is 496 g/mol. The molecular formula is C28H30N8OS. The van der Waals surface area contributed by atoms with Crippen molar-refractivity contribution in [2.75, 3.05) is 38.1 Å². The first kappa shape index (κ1) is 23.7. The Morgan fingerprint density at radius 1 is 1.03 bits per heavy atom. The quantitative estimate of drug-likeness (QED) is 0.331. The third-order valence-electron chi connectivity index (χ3n) is 7.67. The number of aromatic amines is 1. The van der Waals surface area contributed by atoms with Gasteiger partial charge in [0, 0.05) is 54.9 Å². The second-order valence-electron chi connectivity index (χ2n) is 10.00. The van der Waals surface area contributed by atoms with Crippen molar-refractivity contribution in [2.24, 2.45) is 0 Å². The fraction of sp³-hybridized carbons (Fsp3) is 0.357. The second-order valence-corrected chi connectivity index (χ2v) is 11.1. The number of piperidine rings is 1. The van der Waals surface area contributed by atoms with Crippen LogP contribution in [0, 0.1) is 0 Å². The third-order valence-corrected chi connectivity index (χ3v) is 8.77. The predicted molar refractivity (Wildman–Crippen MR) is 149 cm³/mol. The molecule has 0 saturated carbocycles. The molecule has 9 nitrogen and oxygen atoms in total. The van der Waals surface area contributed by atoms with Crippen molar-refractivity contribution in [1.82, 2.24) is 34.9 Å². The Labute approximate surface area is 224 Å². The van der Waals surface area contributed by atoms with Gasteiger partial charge >= 0.3 is 0 Å². The van der Waals surface area contributed by atoms with E-state index in [4.69, 9.17) is 4.74 Å². The summed E-state index contributed by atoms with van der Waals surface area (Å²) >= 11 is 1.81. The number of nitrogens with zero attached hydrogens (tertiary/aromatic N) is 6. The summed E-state index contributed by atoms with van der Waals surface area (Å²) in [5.41, 5.74) is 3.26. The number of nitrogens with one attached hydrogen (secondary N) is 2. The van der Waals surface area contributed by atoms with Crippen LogP contribution in [-0.2, 0) is 4.74 Å². The highest BCUT2D eigenvalue weighted by molar-refractivity contribution is 7.19. The molecule has 2 aliphatic heterocycles. The first-order valence-corrected chi connectivity index (χ1v) is 14.0. The molecule has 2 unspecified atom stereocenters. The molecule has 0 bridgehead atoms. The minimum Gasteiger partial charge on any atom is -0.371 e. The van der Waals surface area contributed by atoms with Gasteiger partial charge in [-0.15, -0.1) is 11.3 Å². The van der Waals surface area contributed by atoms with E-state index in [1.807, 2.05) is 48.1 Å². The number of anilines is 1. The predicted octanol–water partition coefficient (Wildman–Crippen LogP) is 4.61. The zero-order valence-electron chi connectivity index (χ0n) is 21.0. The van der Waals surface area contributed by atoms with Gasteiger partial charge in [-0.3, -0.25) is 14.9 Å². The lowest BCUT2D eigenvalue weighted by Crippen LogP contribution is -2.50. The molecule has 2 N–H and O–H groups in total.